The van der Waals surface area contributed by atoms with E-state index >= 15 is 0 Å². The summed E-state index contributed by atoms with van der Waals surface area (Å²) >= 11 is 6.54. The monoisotopic (exact) mass is 466 g/mol. The summed E-state index contributed by atoms with van der Waals surface area (Å²) in [5.41, 5.74) is 3.32. The molecule has 0 fully saturated rings. The number of rotatable bonds is 4. The van der Waals surface area contributed by atoms with Gasteiger partial charge in [-0.25, -0.2) is 9.78 Å². The normalized spacial score (nSPS) is 11.4. The number of hydrogen-bond acceptors (Lipinski definition) is 5. The third-order valence-electron chi connectivity index (χ3n) is 4.99. The molecule has 0 aliphatic rings. The molecule has 0 atom stereocenters. The summed E-state index contributed by atoms with van der Waals surface area (Å²) in [6, 6.07) is 13.7. The Hall–Kier alpha value is -3.85. The average Bonchev–Trinajstić information content (AvgIpc) is 3.33. The van der Waals surface area contributed by atoms with Gasteiger partial charge in [-0.05, 0) is 36.4 Å². The van der Waals surface area contributed by atoms with E-state index < -0.39 is 6.09 Å². The summed E-state index contributed by atoms with van der Waals surface area (Å²) in [6.07, 6.45) is -0.584. The molecule has 170 valence electrons. The molecule has 3 N–H and O–H groups in total. The molecule has 0 bridgehead atoms. The smallest absolute Gasteiger partial charge is 0.411 e. The molecule has 2 aromatic heterocycles. The van der Waals surface area contributed by atoms with Crippen molar-refractivity contribution in [2.75, 3.05) is 17.7 Å². The Balaban J connectivity index is 1.59. The maximum atomic E-state index is 12.8. The van der Waals surface area contributed by atoms with Crippen molar-refractivity contribution in [3.63, 3.8) is 0 Å². The lowest BCUT2D eigenvalue weighted by atomic mass is 9.92. The number of anilines is 2. The van der Waals surface area contributed by atoms with Crippen molar-refractivity contribution in [1.82, 2.24) is 19.8 Å². The molecule has 0 aliphatic heterocycles. The van der Waals surface area contributed by atoms with Gasteiger partial charge in [-0.15, -0.1) is 5.10 Å². The van der Waals surface area contributed by atoms with E-state index in [0.717, 1.165) is 5.69 Å². The largest absolute Gasteiger partial charge is 0.453 e. The van der Waals surface area contributed by atoms with Crippen LogP contribution in [0.2, 0.25) is 5.02 Å². The van der Waals surface area contributed by atoms with Gasteiger partial charge in [0.2, 0.25) is 0 Å². The van der Waals surface area contributed by atoms with E-state index in [2.05, 4.69) is 30.6 Å². The molecule has 0 unspecified atom stereocenters. The van der Waals surface area contributed by atoms with Gasteiger partial charge >= 0.3 is 6.09 Å². The number of halogens is 1. The fraction of sp³-hybridized carbons (Fsp3) is 0.217. The van der Waals surface area contributed by atoms with E-state index in [9.17, 15) is 9.59 Å². The second-order valence-corrected chi connectivity index (χ2v) is 8.79. The Labute approximate surface area is 195 Å². The van der Waals surface area contributed by atoms with Crippen LogP contribution >= 0.6 is 11.6 Å². The van der Waals surface area contributed by atoms with Crippen LogP contribution in [0.15, 0.2) is 48.5 Å². The topological polar surface area (TPSA) is 113 Å². The fourth-order valence-corrected chi connectivity index (χ4v) is 3.71. The van der Waals surface area contributed by atoms with Crippen molar-refractivity contribution in [2.45, 2.75) is 26.2 Å². The summed E-state index contributed by atoms with van der Waals surface area (Å²) < 4.78 is 6.10. The number of nitrogens with one attached hydrogen (secondary N) is 3. The number of methoxy groups -OCH3 is 1. The van der Waals surface area contributed by atoms with Crippen molar-refractivity contribution in [2.24, 2.45) is 0 Å². The van der Waals surface area contributed by atoms with Crippen LogP contribution in [0.4, 0.5) is 16.2 Å². The third-order valence-corrected chi connectivity index (χ3v) is 5.34. The predicted octanol–water partition coefficient (Wildman–Crippen LogP) is 5.11. The van der Waals surface area contributed by atoms with Crippen molar-refractivity contribution >= 4 is 40.6 Å². The first-order chi connectivity index (χ1) is 15.7. The number of carbonyl (C=O) groups is 2. The number of aromatic amines is 1. The van der Waals surface area contributed by atoms with Gasteiger partial charge in [-0.2, -0.15) is 4.63 Å². The number of fused-ring (bicyclic) bond motifs is 1. The van der Waals surface area contributed by atoms with E-state index in [1.54, 1.807) is 35.0 Å². The molecule has 0 aliphatic carbocycles. The third kappa shape index (κ3) is 4.54. The first-order valence-electron chi connectivity index (χ1n) is 10.2. The predicted molar refractivity (Wildman–Crippen MR) is 127 cm³/mol. The zero-order chi connectivity index (χ0) is 23.8. The number of amides is 2. The van der Waals surface area contributed by atoms with Crippen molar-refractivity contribution in [1.29, 1.82) is 0 Å². The van der Waals surface area contributed by atoms with Gasteiger partial charge < -0.3 is 10.1 Å². The maximum Gasteiger partial charge on any atom is 0.411 e. The van der Waals surface area contributed by atoms with E-state index in [4.69, 9.17) is 11.6 Å². The molecule has 4 aromatic rings. The molecule has 0 spiro atoms. The maximum absolute atomic E-state index is 12.8. The highest BCUT2D eigenvalue weighted by atomic mass is 35.5. The first kappa shape index (κ1) is 22.3. The highest BCUT2D eigenvalue weighted by molar-refractivity contribution is 6.34. The molecule has 2 amide bonds. The zero-order valence-corrected chi connectivity index (χ0v) is 19.3. The van der Waals surface area contributed by atoms with Gasteiger partial charge in [-0.1, -0.05) is 44.5 Å². The van der Waals surface area contributed by atoms with Gasteiger partial charge in [-0.3, -0.25) is 15.2 Å². The molecule has 0 saturated carbocycles. The molecule has 4 rings (SSSR count). The second kappa shape index (κ2) is 8.59. The summed E-state index contributed by atoms with van der Waals surface area (Å²) in [7, 11) is 1.28. The quantitative estimate of drug-likeness (QED) is 0.387. The van der Waals surface area contributed by atoms with Crippen LogP contribution in [0.25, 0.3) is 17.0 Å². The Kier molecular flexibility index (Phi) is 5.82. The molecule has 0 saturated heterocycles. The minimum absolute atomic E-state index is 0.187. The van der Waals surface area contributed by atoms with E-state index in [-0.39, 0.29) is 11.3 Å². The number of H-pyrrole nitrogens is 1. The van der Waals surface area contributed by atoms with Crippen molar-refractivity contribution in [3.8, 4) is 11.4 Å². The van der Waals surface area contributed by atoms with Gasteiger partial charge in [0.25, 0.3) is 5.91 Å². The Morgan fingerprint density at radius 1 is 1.06 bits per heavy atom. The number of carbonyl (C=O) groups excluding carboxylic acids is 2. The minimum Gasteiger partial charge on any atom is -0.453 e. The SMILES string of the molecule is COC(=O)Nc1ccc(C(=O)Nc2ccccc2-c2nc3c(Cl)c(C(C)(C)C)[nH]n3n2)cc1. The van der Waals surface area contributed by atoms with Crippen LogP contribution in [-0.4, -0.2) is 38.9 Å². The van der Waals surface area contributed by atoms with Crippen LogP contribution in [0.1, 0.15) is 36.8 Å². The van der Waals surface area contributed by atoms with Crippen LogP contribution < -0.4 is 10.6 Å². The summed E-state index contributed by atoms with van der Waals surface area (Å²) in [4.78, 5) is 28.7. The number of nitrogens with zero attached hydrogens (tertiary/aromatic N) is 3. The highest BCUT2D eigenvalue weighted by Gasteiger charge is 2.25. The van der Waals surface area contributed by atoms with E-state index in [1.807, 2.05) is 39.0 Å². The summed E-state index contributed by atoms with van der Waals surface area (Å²) in [5, 5.41) is 13.7. The van der Waals surface area contributed by atoms with Gasteiger partial charge in [0.05, 0.1) is 18.5 Å². The lowest BCUT2D eigenvalue weighted by molar-refractivity contribution is 0.102. The van der Waals surface area contributed by atoms with Gasteiger partial charge in [0, 0.05) is 22.2 Å². The standard InChI is InChI=1S/C23H23ClN6O3/c1-23(2,3)18-17(24)20-27-19(29-30(20)28-18)15-7-5-6-8-16(15)26-21(31)13-9-11-14(12-10-13)25-22(32)33-4/h5-12,28H,1-4H3,(H,25,32)(H,26,31). The number of aromatic nitrogens is 4. The lowest BCUT2D eigenvalue weighted by Crippen LogP contribution is -2.14. The highest BCUT2D eigenvalue weighted by Crippen LogP contribution is 2.33. The molecule has 0 radical (unpaired) electrons. The van der Waals surface area contributed by atoms with E-state index in [1.165, 1.54) is 7.11 Å². The molecule has 33 heavy (non-hydrogen) atoms. The van der Waals surface area contributed by atoms with Crippen LogP contribution in [0.5, 0.6) is 0 Å². The Bertz CT molecular complexity index is 1330. The molecule has 2 aromatic carbocycles. The molecule has 2 heterocycles. The van der Waals surface area contributed by atoms with Crippen LogP contribution in [0, 0.1) is 0 Å². The first-order valence-corrected chi connectivity index (χ1v) is 10.6. The molecular formula is C23H23ClN6O3. The zero-order valence-electron chi connectivity index (χ0n) is 18.6. The number of para-hydroxylation sites is 1. The molecular weight excluding hydrogens is 444 g/mol. The second-order valence-electron chi connectivity index (χ2n) is 8.42. The fourth-order valence-electron chi connectivity index (χ4n) is 3.27. The molecule has 10 heteroatoms. The van der Waals surface area contributed by atoms with Crippen molar-refractivity contribution < 1.29 is 14.3 Å². The van der Waals surface area contributed by atoms with E-state index in [0.29, 0.717) is 39.0 Å². The number of hydrogen-bond donors (Lipinski definition) is 3. The Morgan fingerprint density at radius 2 is 1.76 bits per heavy atom. The van der Waals surface area contributed by atoms with Crippen LogP contribution in [0.3, 0.4) is 0 Å². The minimum atomic E-state index is -0.584. The Morgan fingerprint density at radius 3 is 2.39 bits per heavy atom. The summed E-state index contributed by atoms with van der Waals surface area (Å²) in [5.74, 6) is 0.113. The average molecular weight is 467 g/mol. The van der Waals surface area contributed by atoms with Gasteiger partial charge in [0.15, 0.2) is 11.5 Å². The molecule has 9 nitrogen and oxygen atoms in total. The van der Waals surface area contributed by atoms with Crippen molar-refractivity contribution in [3.05, 3.63) is 64.8 Å². The van der Waals surface area contributed by atoms with Crippen LogP contribution in [-0.2, 0) is 10.2 Å². The summed E-state index contributed by atoms with van der Waals surface area (Å²) in [6.45, 7) is 6.15. The lowest BCUT2D eigenvalue weighted by Gasteiger charge is -2.16. The number of benzene rings is 2. The van der Waals surface area contributed by atoms with Gasteiger partial charge in [0.1, 0.15) is 5.02 Å². The number of ether oxygens (including phenoxy) is 1.